The Hall–Kier alpha value is -2.78. The van der Waals surface area contributed by atoms with Gasteiger partial charge in [-0.2, -0.15) is 0 Å². The van der Waals surface area contributed by atoms with Crippen molar-refractivity contribution in [2.45, 2.75) is 6.04 Å². The van der Waals surface area contributed by atoms with Gasteiger partial charge in [-0.3, -0.25) is 0 Å². The molecular formula is C20H30N4O5+2. The Morgan fingerprint density at radius 3 is 2.41 bits per heavy atom. The summed E-state index contributed by atoms with van der Waals surface area (Å²) in [5.74, 6) is 0.632. The van der Waals surface area contributed by atoms with E-state index in [-0.39, 0.29) is 6.03 Å². The van der Waals surface area contributed by atoms with E-state index in [1.807, 2.05) is 6.07 Å². The molecule has 2 aliphatic heterocycles. The Labute approximate surface area is 170 Å². The quantitative estimate of drug-likeness (QED) is 0.406. The van der Waals surface area contributed by atoms with Crippen LogP contribution in [-0.2, 0) is 9.53 Å². The average molecular weight is 406 g/mol. The predicted octanol–water partition coefficient (Wildman–Crippen LogP) is -2.10. The number of urea groups is 1. The van der Waals surface area contributed by atoms with Crippen molar-refractivity contribution in [3.05, 3.63) is 35.0 Å². The molecule has 9 heteroatoms. The second kappa shape index (κ2) is 9.15. The molecule has 1 aromatic rings. The zero-order valence-electron chi connectivity index (χ0n) is 17.4. The summed E-state index contributed by atoms with van der Waals surface area (Å²) < 4.78 is 15.7. The monoisotopic (exact) mass is 406 g/mol. The maximum Gasteiger partial charge on any atom is 0.338 e. The van der Waals surface area contributed by atoms with Crippen molar-refractivity contribution in [2.75, 3.05) is 61.1 Å². The highest BCUT2D eigenvalue weighted by molar-refractivity contribution is 5.95. The summed E-state index contributed by atoms with van der Waals surface area (Å²) in [6.07, 6.45) is 0. The van der Waals surface area contributed by atoms with Gasteiger partial charge in [0.25, 0.3) is 0 Å². The number of rotatable bonds is 6. The zero-order chi connectivity index (χ0) is 21.0. The fraction of sp³-hybridized carbons (Fsp3) is 0.500. The van der Waals surface area contributed by atoms with Gasteiger partial charge < -0.3 is 34.6 Å². The Morgan fingerprint density at radius 1 is 1.10 bits per heavy atom. The van der Waals surface area contributed by atoms with Gasteiger partial charge in [-0.15, -0.1) is 0 Å². The molecule has 29 heavy (non-hydrogen) atoms. The number of benzene rings is 1. The van der Waals surface area contributed by atoms with E-state index in [4.69, 9.17) is 14.2 Å². The van der Waals surface area contributed by atoms with Gasteiger partial charge in [0.05, 0.1) is 45.7 Å². The van der Waals surface area contributed by atoms with Crippen LogP contribution in [0.5, 0.6) is 11.5 Å². The molecule has 1 saturated heterocycles. The molecule has 0 aliphatic carbocycles. The number of esters is 1. The minimum atomic E-state index is -0.636. The number of methoxy groups -OCH3 is 3. The summed E-state index contributed by atoms with van der Waals surface area (Å²) >= 11 is 0. The van der Waals surface area contributed by atoms with E-state index < -0.39 is 12.0 Å². The molecule has 0 spiro atoms. The fourth-order valence-corrected chi connectivity index (χ4v) is 3.85. The van der Waals surface area contributed by atoms with Crippen LogP contribution in [0.3, 0.4) is 0 Å². The standard InChI is InChI=1S/C20H28N4O5/c1-23-7-9-24(10-8-23)12-14-17(19(25)29-4)18(22-20(26)21-14)13-5-6-15(27-2)16(11-13)28-3/h5-6,11,18H,7-10,12H2,1-4H3,(H2,21,22,26)/p+2/t18-/m0/s1. The predicted molar refractivity (Wildman–Crippen MR) is 105 cm³/mol. The summed E-state index contributed by atoms with van der Waals surface area (Å²) in [5, 5.41) is 5.68. The molecule has 1 fully saturated rings. The number of hydrogen-bond acceptors (Lipinski definition) is 5. The minimum Gasteiger partial charge on any atom is -0.493 e. The van der Waals surface area contributed by atoms with Crippen LogP contribution in [0.15, 0.2) is 29.5 Å². The number of likely N-dealkylation sites (N-methyl/N-ethyl adjacent to an activating group) is 1. The highest BCUT2D eigenvalue weighted by Gasteiger charge is 2.36. The lowest BCUT2D eigenvalue weighted by Crippen LogP contribution is -3.27. The SMILES string of the molecule is COC(=O)C1=C(C[NH+]2CC[NH+](C)CC2)NC(=O)N[C@H]1c1ccc(OC)c(OC)c1. The van der Waals surface area contributed by atoms with Crippen molar-refractivity contribution in [2.24, 2.45) is 0 Å². The summed E-state index contributed by atoms with van der Waals surface area (Å²) in [4.78, 5) is 27.9. The molecule has 2 heterocycles. The highest BCUT2D eigenvalue weighted by Crippen LogP contribution is 2.34. The number of amides is 2. The number of ether oxygens (including phenoxy) is 3. The van der Waals surface area contributed by atoms with Crippen molar-refractivity contribution in [3.63, 3.8) is 0 Å². The smallest absolute Gasteiger partial charge is 0.338 e. The normalized spacial score (nSPS) is 24.4. The molecule has 0 aromatic heterocycles. The summed E-state index contributed by atoms with van der Waals surface area (Å²) in [6.45, 7) is 4.64. The van der Waals surface area contributed by atoms with Crippen LogP contribution in [0.2, 0.25) is 0 Å². The second-order valence-electron chi connectivity index (χ2n) is 7.41. The number of quaternary nitrogens is 2. The van der Waals surface area contributed by atoms with Crippen molar-refractivity contribution in [1.82, 2.24) is 10.6 Å². The zero-order valence-corrected chi connectivity index (χ0v) is 17.4. The maximum atomic E-state index is 12.7. The molecule has 2 aliphatic rings. The highest BCUT2D eigenvalue weighted by atomic mass is 16.5. The van der Waals surface area contributed by atoms with Crippen molar-refractivity contribution < 1.29 is 33.6 Å². The van der Waals surface area contributed by atoms with Crippen LogP contribution >= 0.6 is 0 Å². The Morgan fingerprint density at radius 2 is 1.79 bits per heavy atom. The molecule has 0 unspecified atom stereocenters. The van der Waals surface area contributed by atoms with E-state index in [0.29, 0.717) is 34.9 Å². The molecule has 4 N–H and O–H groups in total. The average Bonchev–Trinajstić information content (AvgIpc) is 2.74. The number of hydrogen-bond donors (Lipinski definition) is 4. The third-order valence-electron chi connectivity index (χ3n) is 5.54. The Kier molecular flexibility index (Phi) is 6.60. The van der Waals surface area contributed by atoms with Crippen LogP contribution in [0.25, 0.3) is 0 Å². The fourth-order valence-electron chi connectivity index (χ4n) is 3.85. The minimum absolute atomic E-state index is 0.341. The van der Waals surface area contributed by atoms with E-state index in [0.717, 1.165) is 26.2 Å². The van der Waals surface area contributed by atoms with Crippen molar-refractivity contribution in [3.8, 4) is 11.5 Å². The lowest BCUT2D eigenvalue weighted by molar-refractivity contribution is -1.00. The van der Waals surface area contributed by atoms with Gasteiger partial charge in [0.1, 0.15) is 32.7 Å². The third kappa shape index (κ3) is 4.63. The first-order valence-corrected chi connectivity index (χ1v) is 9.72. The number of piperazine rings is 1. The van der Waals surface area contributed by atoms with Gasteiger partial charge in [0.15, 0.2) is 11.5 Å². The molecule has 158 valence electrons. The first kappa shape index (κ1) is 20.9. The van der Waals surface area contributed by atoms with Gasteiger partial charge in [0, 0.05) is 0 Å². The summed E-state index contributed by atoms with van der Waals surface area (Å²) in [5.41, 5.74) is 1.74. The van der Waals surface area contributed by atoms with Gasteiger partial charge in [-0.05, 0) is 17.7 Å². The van der Waals surface area contributed by atoms with Crippen molar-refractivity contribution in [1.29, 1.82) is 0 Å². The summed E-state index contributed by atoms with van der Waals surface area (Å²) in [6, 6.07) is 4.35. The van der Waals surface area contributed by atoms with Gasteiger partial charge in [0.2, 0.25) is 0 Å². The number of carbonyl (C=O) groups is 2. The molecule has 1 atom stereocenters. The van der Waals surface area contributed by atoms with E-state index in [9.17, 15) is 9.59 Å². The van der Waals surface area contributed by atoms with E-state index in [2.05, 4.69) is 17.7 Å². The van der Waals surface area contributed by atoms with Crippen LogP contribution in [-0.4, -0.2) is 73.1 Å². The molecule has 0 bridgehead atoms. The second-order valence-corrected chi connectivity index (χ2v) is 7.41. The van der Waals surface area contributed by atoms with Crippen LogP contribution < -0.4 is 29.9 Å². The van der Waals surface area contributed by atoms with Crippen LogP contribution in [0, 0.1) is 0 Å². The van der Waals surface area contributed by atoms with Crippen LogP contribution in [0.4, 0.5) is 4.79 Å². The molecule has 2 amide bonds. The topological polar surface area (TPSA) is 94.8 Å². The van der Waals surface area contributed by atoms with Gasteiger partial charge in [-0.25, -0.2) is 9.59 Å². The largest absolute Gasteiger partial charge is 0.493 e. The molecule has 0 radical (unpaired) electrons. The molecule has 0 saturated carbocycles. The maximum absolute atomic E-state index is 12.7. The Bertz CT molecular complexity index is 802. The van der Waals surface area contributed by atoms with Gasteiger partial charge in [-0.1, -0.05) is 6.07 Å². The Balaban J connectivity index is 1.98. The summed E-state index contributed by atoms with van der Waals surface area (Å²) in [7, 11) is 6.63. The van der Waals surface area contributed by atoms with E-state index in [1.54, 1.807) is 26.4 Å². The third-order valence-corrected chi connectivity index (χ3v) is 5.54. The molecular weight excluding hydrogens is 376 g/mol. The van der Waals surface area contributed by atoms with Crippen LogP contribution in [0.1, 0.15) is 11.6 Å². The van der Waals surface area contributed by atoms with E-state index in [1.165, 1.54) is 16.9 Å². The molecule has 9 nitrogen and oxygen atoms in total. The lowest BCUT2D eigenvalue weighted by Gasteiger charge is -2.32. The number of carbonyl (C=O) groups excluding carboxylic acids is 2. The first-order valence-electron chi connectivity index (χ1n) is 9.72. The first-order chi connectivity index (χ1) is 14.0. The lowest BCUT2D eigenvalue weighted by atomic mass is 9.94. The number of nitrogens with one attached hydrogen (secondary N) is 4. The van der Waals surface area contributed by atoms with Gasteiger partial charge >= 0.3 is 12.0 Å². The molecule has 1 aromatic carbocycles. The van der Waals surface area contributed by atoms with Crippen molar-refractivity contribution >= 4 is 12.0 Å². The van der Waals surface area contributed by atoms with E-state index >= 15 is 0 Å². The molecule has 3 rings (SSSR count).